The number of rotatable bonds is 18. The Morgan fingerprint density at radius 2 is 1.51 bits per heavy atom. The van der Waals surface area contributed by atoms with Gasteiger partial charge in [-0.2, -0.15) is 5.26 Å². The van der Waals surface area contributed by atoms with E-state index in [2.05, 4.69) is 36.5 Å². The van der Waals surface area contributed by atoms with Gasteiger partial charge in [-0.15, -0.1) is 0 Å². The first kappa shape index (κ1) is 47.8. The number of amides is 2. The maximum Gasteiger partial charge on any atom is 0.226 e. The third-order valence-corrected chi connectivity index (χ3v) is 11.5. The molecule has 13 heteroatoms. The number of ether oxygens (including phenoxy) is 2. The third kappa shape index (κ3) is 12.0. The molecule has 4 atom stereocenters. The Morgan fingerprint density at radius 1 is 0.857 bits per heavy atom. The van der Waals surface area contributed by atoms with Gasteiger partial charge in [0, 0.05) is 74.3 Å². The minimum Gasteiger partial charge on any atom is -0.492 e. The van der Waals surface area contributed by atoms with E-state index in [0.29, 0.717) is 39.3 Å². The topological polar surface area (TPSA) is 221 Å². The molecule has 1 heterocycles. The lowest BCUT2D eigenvalue weighted by Crippen LogP contribution is -2.46. The maximum absolute atomic E-state index is 14.7. The van der Waals surface area contributed by atoms with E-state index in [1.807, 2.05) is 31.2 Å². The Balaban J connectivity index is 1.57. The highest BCUT2D eigenvalue weighted by Gasteiger charge is 2.36. The summed E-state index contributed by atoms with van der Waals surface area (Å²) in [5, 5.41) is 12.1. The molecule has 5 rings (SSSR count). The van der Waals surface area contributed by atoms with Gasteiger partial charge in [-0.1, -0.05) is 68.4 Å². The molecule has 4 aromatic rings. The first-order chi connectivity index (χ1) is 30.3. The number of carbonyl (C=O) groups is 5. The van der Waals surface area contributed by atoms with Gasteiger partial charge >= 0.3 is 0 Å². The number of aryl methyl sites for hydroxylation is 2. The zero-order valence-corrected chi connectivity index (χ0v) is 36.8. The summed E-state index contributed by atoms with van der Waals surface area (Å²) in [6, 6.07) is 24.3. The summed E-state index contributed by atoms with van der Waals surface area (Å²) in [7, 11) is 1.52. The van der Waals surface area contributed by atoms with Gasteiger partial charge in [0.2, 0.25) is 11.8 Å². The highest BCUT2D eigenvalue weighted by atomic mass is 16.5. The molecular weight excluding hydrogens is 797 g/mol. The average molecular weight is 857 g/mol. The Labute approximate surface area is 370 Å². The summed E-state index contributed by atoms with van der Waals surface area (Å²) in [5.41, 5.74) is 24.5. The van der Waals surface area contributed by atoms with Crippen LogP contribution in [0.5, 0.6) is 11.5 Å². The molecule has 0 fully saturated rings. The van der Waals surface area contributed by atoms with Crippen LogP contribution in [-0.4, -0.2) is 80.0 Å². The molecule has 0 aromatic heterocycles. The number of hydrogen-bond donors (Lipinski definition) is 4. The summed E-state index contributed by atoms with van der Waals surface area (Å²) in [6.45, 7) is 6.49. The summed E-state index contributed by atoms with van der Waals surface area (Å²) in [6.07, 6.45) is 0.709. The number of benzene rings is 4. The maximum atomic E-state index is 14.7. The van der Waals surface area contributed by atoms with E-state index >= 15 is 0 Å². The monoisotopic (exact) mass is 856 g/mol. The van der Waals surface area contributed by atoms with Crippen molar-refractivity contribution in [3.8, 4) is 39.8 Å². The molecule has 0 unspecified atom stereocenters. The van der Waals surface area contributed by atoms with Crippen molar-refractivity contribution >= 4 is 29.2 Å². The van der Waals surface area contributed by atoms with Crippen molar-refractivity contribution in [2.45, 2.75) is 77.8 Å². The molecule has 0 spiro atoms. The fourth-order valence-corrected chi connectivity index (χ4v) is 8.06. The molecular formula is C50H60N6O7. The number of nitrogens with zero attached hydrogens (tertiary/aromatic N) is 2. The van der Waals surface area contributed by atoms with Crippen LogP contribution in [0, 0.1) is 30.1 Å². The summed E-state index contributed by atoms with van der Waals surface area (Å²) < 4.78 is 12.2. The smallest absolute Gasteiger partial charge is 0.226 e. The highest BCUT2D eigenvalue weighted by molar-refractivity contribution is 6.01. The Hall–Kier alpha value is -6.20. The predicted molar refractivity (Wildman–Crippen MR) is 243 cm³/mol. The van der Waals surface area contributed by atoms with E-state index in [-0.39, 0.29) is 82.9 Å². The van der Waals surface area contributed by atoms with E-state index in [0.717, 1.165) is 23.1 Å². The van der Waals surface area contributed by atoms with Gasteiger partial charge in [0.15, 0.2) is 17.3 Å². The Bertz CT molecular complexity index is 2320. The SMILES string of the molecule is CCc1ccc(-c2ccc(C(=O)C[C@@H](CCN)C(=O)N(C)[C@@H]3C(=O)C[C@@H](C)C(=O)N[C@H](C(=O)CCC#N)Cc4ccc(OCCN)c(c4)-c4cc3ccc4OCCN)c(C)c2)cc1. The van der Waals surface area contributed by atoms with Crippen LogP contribution in [0.4, 0.5) is 0 Å². The van der Waals surface area contributed by atoms with Crippen LogP contribution in [-0.2, 0) is 32.0 Å². The Morgan fingerprint density at radius 3 is 2.13 bits per heavy atom. The lowest BCUT2D eigenvalue weighted by atomic mass is 9.87. The lowest BCUT2D eigenvalue weighted by Gasteiger charge is -2.32. The first-order valence-corrected chi connectivity index (χ1v) is 21.7. The fourth-order valence-electron chi connectivity index (χ4n) is 8.06. The molecule has 4 bridgehead atoms. The summed E-state index contributed by atoms with van der Waals surface area (Å²) in [4.78, 5) is 72.0. The number of hydrogen-bond acceptors (Lipinski definition) is 11. The van der Waals surface area contributed by atoms with Crippen LogP contribution in [0.3, 0.4) is 0 Å². The summed E-state index contributed by atoms with van der Waals surface area (Å²) in [5.74, 6) is -2.87. The second-order valence-corrected chi connectivity index (χ2v) is 16.2. The van der Waals surface area contributed by atoms with Gasteiger partial charge in [-0.3, -0.25) is 24.0 Å². The van der Waals surface area contributed by atoms with Gasteiger partial charge in [0.05, 0.1) is 12.1 Å². The first-order valence-electron chi connectivity index (χ1n) is 21.7. The molecule has 0 aliphatic carbocycles. The number of ketones is 3. The molecule has 0 radical (unpaired) electrons. The average Bonchev–Trinajstić information content (AvgIpc) is 3.28. The minimum absolute atomic E-state index is 0.0240. The highest BCUT2D eigenvalue weighted by Crippen LogP contribution is 2.41. The van der Waals surface area contributed by atoms with Crippen molar-refractivity contribution in [3.05, 3.63) is 107 Å². The van der Waals surface area contributed by atoms with E-state index < -0.39 is 41.5 Å². The number of Topliss-reactive ketones (excluding diaryl/α,β-unsaturated/α-hetero) is 3. The minimum atomic E-state index is -1.21. The van der Waals surface area contributed by atoms with Gasteiger partial charge in [-0.25, -0.2) is 0 Å². The van der Waals surface area contributed by atoms with Crippen LogP contribution in [0.15, 0.2) is 78.9 Å². The van der Waals surface area contributed by atoms with Crippen molar-refractivity contribution in [1.82, 2.24) is 10.2 Å². The molecule has 0 saturated carbocycles. The fraction of sp³-hybridized carbons (Fsp3) is 0.400. The zero-order chi connectivity index (χ0) is 45.6. The second kappa shape index (κ2) is 22.8. The molecule has 2 amide bonds. The standard InChI is InChI=1S/C50H60N6O7/c1-5-33-8-11-35(12-9-33)36-13-15-39(31(2)25-36)44(58)30-38(18-20-52)50(61)56(4)48-37-14-17-47(63-24-22-54)41(29-37)40-27-34(10-16-46(40)62-23-21-53)28-42(43(57)7-6-19-51)55-49(60)32(3)26-45(48)59/h8-17,25,27,29,32,38,42,48H,5-7,18,20-24,26,28,30,52-54H2,1-4H3,(H,55,60)/t32-,38-,42+,48+/m1/s1. The van der Waals surface area contributed by atoms with Crippen LogP contribution in [0.2, 0.25) is 0 Å². The van der Waals surface area contributed by atoms with Crippen molar-refractivity contribution in [3.63, 3.8) is 0 Å². The van der Waals surface area contributed by atoms with Crippen molar-refractivity contribution in [2.75, 3.05) is 39.9 Å². The number of fused-ring (bicyclic) bond motifs is 5. The molecule has 0 saturated heterocycles. The van der Waals surface area contributed by atoms with Crippen molar-refractivity contribution < 1.29 is 33.4 Å². The van der Waals surface area contributed by atoms with Crippen LogP contribution >= 0.6 is 0 Å². The van der Waals surface area contributed by atoms with E-state index in [1.54, 1.807) is 43.3 Å². The van der Waals surface area contributed by atoms with Crippen LogP contribution in [0.25, 0.3) is 22.3 Å². The third-order valence-electron chi connectivity index (χ3n) is 11.5. The lowest BCUT2D eigenvalue weighted by molar-refractivity contribution is -0.142. The van der Waals surface area contributed by atoms with Gasteiger partial charge in [0.1, 0.15) is 30.8 Å². The van der Waals surface area contributed by atoms with E-state index in [1.165, 1.54) is 17.5 Å². The molecule has 4 aromatic carbocycles. The van der Waals surface area contributed by atoms with E-state index in [9.17, 15) is 29.2 Å². The molecule has 13 nitrogen and oxygen atoms in total. The number of nitriles is 1. The van der Waals surface area contributed by atoms with Gasteiger partial charge < -0.3 is 36.9 Å². The predicted octanol–water partition coefficient (Wildman–Crippen LogP) is 5.81. The van der Waals surface area contributed by atoms with Crippen molar-refractivity contribution in [1.29, 1.82) is 5.26 Å². The van der Waals surface area contributed by atoms with Gasteiger partial charge in [0.25, 0.3) is 0 Å². The molecule has 7 N–H and O–H groups in total. The summed E-state index contributed by atoms with van der Waals surface area (Å²) >= 11 is 0. The van der Waals surface area contributed by atoms with Crippen LogP contribution in [0.1, 0.15) is 84.6 Å². The van der Waals surface area contributed by atoms with Crippen molar-refractivity contribution in [2.24, 2.45) is 29.0 Å². The Kier molecular flexibility index (Phi) is 17.3. The molecule has 332 valence electrons. The second-order valence-electron chi connectivity index (χ2n) is 16.2. The number of carbonyl (C=O) groups excluding carboxylic acids is 5. The molecule has 63 heavy (non-hydrogen) atoms. The van der Waals surface area contributed by atoms with Gasteiger partial charge in [-0.05, 0) is 90.4 Å². The normalized spacial score (nSPS) is 16.8. The zero-order valence-electron chi connectivity index (χ0n) is 36.8. The van der Waals surface area contributed by atoms with E-state index in [4.69, 9.17) is 26.7 Å². The molecule has 1 aliphatic rings. The largest absolute Gasteiger partial charge is 0.492 e. The molecule has 1 aliphatic heterocycles. The quantitative estimate of drug-likeness (QED) is 0.0875. The number of nitrogens with two attached hydrogens (primary N) is 3. The number of likely N-dealkylation sites (N-methyl/N-ethyl adjacent to an activating group) is 1. The van der Waals surface area contributed by atoms with Crippen LogP contribution < -0.4 is 32.0 Å². The number of nitrogens with one attached hydrogen (secondary N) is 1.